The Hall–Kier alpha value is -3.09. The van der Waals surface area contributed by atoms with Crippen LogP contribution < -0.4 is 10.6 Å². The van der Waals surface area contributed by atoms with Crippen LogP contribution in [-0.2, 0) is 0 Å². The van der Waals surface area contributed by atoms with Crippen molar-refractivity contribution in [3.8, 4) is 22.8 Å². The topological polar surface area (TPSA) is 93.2 Å². The third-order valence-corrected chi connectivity index (χ3v) is 3.24. The third-order valence-electron chi connectivity index (χ3n) is 3.24. The van der Waals surface area contributed by atoms with Gasteiger partial charge in [-0.3, -0.25) is 0 Å². The molecule has 0 aliphatic carbocycles. The van der Waals surface area contributed by atoms with Gasteiger partial charge in [-0.25, -0.2) is 4.79 Å². The molecule has 24 heavy (non-hydrogen) atoms. The summed E-state index contributed by atoms with van der Waals surface area (Å²) in [4.78, 5) is 16.2. The fraction of sp³-hybridized carbons (Fsp3) is 0.235. The molecule has 0 saturated heterocycles. The van der Waals surface area contributed by atoms with Crippen molar-refractivity contribution >= 4 is 11.7 Å². The zero-order chi connectivity index (χ0) is 16.9. The molecule has 0 radical (unpaired) electrons. The predicted molar refractivity (Wildman–Crippen MR) is 89.3 cm³/mol. The minimum Gasteiger partial charge on any atom is -0.472 e. The summed E-state index contributed by atoms with van der Waals surface area (Å²) in [7, 11) is 0. The highest BCUT2D eigenvalue weighted by Gasteiger charge is 2.12. The van der Waals surface area contributed by atoms with Crippen molar-refractivity contribution in [2.45, 2.75) is 13.8 Å². The van der Waals surface area contributed by atoms with Crippen LogP contribution in [0.5, 0.6) is 0 Å². The molecule has 0 bridgehead atoms. The third kappa shape index (κ3) is 3.81. The first-order chi connectivity index (χ1) is 11.6. The normalized spacial score (nSPS) is 10.8. The van der Waals surface area contributed by atoms with E-state index in [2.05, 4.69) is 20.8 Å². The Bertz CT molecular complexity index is 809. The molecule has 0 aliphatic rings. The second-order valence-corrected chi connectivity index (χ2v) is 5.74. The number of rotatable bonds is 5. The van der Waals surface area contributed by atoms with Gasteiger partial charge >= 0.3 is 6.03 Å². The van der Waals surface area contributed by atoms with Gasteiger partial charge in [-0.1, -0.05) is 31.1 Å². The van der Waals surface area contributed by atoms with Crippen LogP contribution in [0.4, 0.5) is 10.5 Å². The summed E-state index contributed by atoms with van der Waals surface area (Å²) in [5, 5.41) is 9.56. The van der Waals surface area contributed by atoms with Gasteiger partial charge in [0, 0.05) is 17.8 Å². The molecule has 2 aromatic heterocycles. The average molecular weight is 326 g/mol. The minimum absolute atomic E-state index is 0.243. The van der Waals surface area contributed by atoms with Crippen molar-refractivity contribution in [2.24, 2.45) is 5.92 Å². The predicted octanol–water partition coefficient (Wildman–Crippen LogP) is 3.77. The zero-order valence-corrected chi connectivity index (χ0v) is 13.4. The molecule has 7 heteroatoms. The van der Waals surface area contributed by atoms with Gasteiger partial charge in [-0.05, 0) is 24.1 Å². The molecular formula is C17H18N4O3. The lowest BCUT2D eigenvalue weighted by Gasteiger charge is -2.09. The Morgan fingerprint density at radius 2 is 2.12 bits per heavy atom. The Kier molecular flexibility index (Phi) is 4.60. The molecule has 124 valence electrons. The number of furan rings is 1. The Morgan fingerprint density at radius 1 is 1.25 bits per heavy atom. The van der Waals surface area contributed by atoms with Crippen LogP contribution in [0.25, 0.3) is 22.8 Å². The molecule has 3 aromatic rings. The van der Waals surface area contributed by atoms with Crippen LogP contribution in [0, 0.1) is 5.92 Å². The lowest BCUT2D eigenvalue weighted by molar-refractivity contribution is 0.251. The minimum atomic E-state index is -0.243. The number of nitrogens with one attached hydrogen (secondary N) is 2. The maximum atomic E-state index is 11.8. The number of carbonyl (C=O) groups is 1. The molecule has 0 saturated carbocycles. The average Bonchev–Trinajstić information content (AvgIpc) is 3.24. The number of anilines is 1. The molecule has 0 spiro atoms. The van der Waals surface area contributed by atoms with Gasteiger partial charge in [0.2, 0.25) is 5.82 Å². The van der Waals surface area contributed by atoms with Gasteiger partial charge in [0.25, 0.3) is 5.89 Å². The van der Waals surface area contributed by atoms with Crippen molar-refractivity contribution in [2.75, 3.05) is 11.9 Å². The smallest absolute Gasteiger partial charge is 0.319 e. The maximum absolute atomic E-state index is 11.8. The van der Waals surface area contributed by atoms with E-state index in [0.717, 1.165) is 11.1 Å². The SMILES string of the molecule is CC(C)CNC(=O)Nc1cccc(-c2noc(-c3ccoc3)n2)c1. The summed E-state index contributed by atoms with van der Waals surface area (Å²) < 4.78 is 10.2. The molecule has 2 amide bonds. The van der Waals surface area contributed by atoms with E-state index in [1.54, 1.807) is 24.5 Å². The highest BCUT2D eigenvalue weighted by Crippen LogP contribution is 2.24. The Balaban J connectivity index is 1.72. The van der Waals surface area contributed by atoms with E-state index in [1.807, 2.05) is 26.0 Å². The van der Waals surface area contributed by atoms with Gasteiger partial charge in [0.05, 0.1) is 11.8 Å². The number of carbonyl (C=O) groups excluding carboxylic acids is 1. The lowest BCUT2D eigenvalue weighted by atomic mass is 10.2. The second kappa shape index (κ2) is 6.99. The summed E-state index contributed by atoms with van der Waals surface area (Å²) in [5.74, 6) is 1.21. The van der Waals surface area contributed by atoms with Gasteiger partial charge in [0.1, 0.15) is 6.26 Å². The number of hydrogen-bond donors (Lipinski definition) is 2. The quantitative estimate of drug-likeness (QED) is 0.744. The molecule has 2 N–H and O–H groups in total. The lowest BCUT2D eigenvalue weighted by Crippen LogP contribution is -2.31. The van der Waals surface area contributed by atoms with E-state index < -0.39 is 0 Å². The first-order valence-corrected chi connectivity index (χ1v) is 7.63. The number of urea groups is 1. The first kappa shape index (κ1) is 15.8. The van der Waals surface area contributed by atoms with Crippen molar-refractivity contribution in [1.82, 2.24) is 15.5 Å². The molecule has 2 heterocycles. The van der Waals surface area contributed by atoms with E-state index in [9.17, 15) is 4.79 Å². The number of benzene rings is 1. The standard InChI is InChI=1S/C17H18N4O3/c1-11(2)9-18-17(22)19-14-5-3-4-12(8-14)15-20-16(24-21-15)13-6-7-23-10-13/h3-8,10-11H,9H2,1-2H3,(H2,18,19,22). The molecule has 0 fully saturated rings. The van der Waals surface area contributed by atoms with E-state index in [-0.39, 0.29) is 6.03 Å². The molecule has 3 rings (SSSR count). The maximum Gasteiger partial charge on any atom is 0.319 e. The molecule has 7 nitrogen and oxygen atoms in total. The summed E-state index contributed by atoms with van der Waals surface area (Å²) in [6.45, 7) is 4.69. The summed E-state index contributed by atoms with van der Waals surface area (Å²) >= 11 is 0. The second-order valence-electron chi connectivity index (χ2n) is 5.74. The summed E-state index contributed by atoms with van der Waals surface area (Å²) in [6, 6.07) is 8.76. The fourth-order valence-electron chi connectivity index (χ4n) is 2.05. The fourth-order valence-corrected chi connectivity index (χ4v) is 2.05. The van der Waals surface area contributed by atoms with Gasteiger partial charge in [0.15, 0.2) is 0 Å². The van der Waals surface area contributed by atoms with Crippen molar-refractivity contribution in [3.63, 3.8) is 0 Å². The van der Waals surface area contributed by atoms with Crippen LogP contribution in [0.3, 0.4) is 0 Å². The van der Waals surface area contributed by atoms with Crippen LogP contribution >= 0.6 is 0 Å². The number of nitrogens with zero attached hydrogens (tertiary/aromatic N) is 2. The van der Waals surface area contributed by atoms with Crippen molar-refractivity contribution in [1.29, 1.82) is 0 Å². The van der Waals surface area contributed by atoms with Crippen LogP contribution in [0.1, 0.15) is 13.8 Å². The van der Waals surface area contributed by atoms with Crippen LogP contribution in [-0.4, -0.2) is 22.7 Å². The van der Waals surface area contributed by atoms with Gasteiger partial charge in [-0.15, -0.1) is 0 Å². The largest absolute Gasteiger partial charge is 0.472 e. The molecule has 0 aliphatic heterocycles. The number of amides is 2. The highest BCUT2D eigenvalue weighted by molar-refractivity contribution is 5.89. The van der Waals surface area contributed by atoms with E-state index in [1.165, 1.54) is 6.26 Å². The first-order valence-electron chi connectivity index (χ1n) is 7.63. The zero-order valence-electron chi connectivity index (χ0n) is 13.4. The van der Waals surface area contributed by atoms with E-state index in [4.69, 9.17) is 8.94 Å². The monoisotopic (exact) mass is 326 g/mol. The van der Waals surface area contributed by atoms with Crippen LogP contribution in [0.2, 0.25) is 0 Å². The number of aromatic nitrogens is 2. The van der Waals surface area contributed by atoms with E-state index >= 15 is 0 Å². The summed E-state index contributed by atoms with van der Waals surface area (Å²) in [6.07, 6.45) is 3.08. The number of hydrogen-bond acceptors (Lipinski definition) is 5. The van der Waals surface area contributed by atoms with Gasteiger partial charge < -0.3 is 19.6 Å². The van der Waals surface area contributed by atoms with E-state index in [0.29, 0.717) is 29.9 Å². The Labute approximate surface area is 139 Å². The molecular weight excluding hydrogens is 308 g/mol. The molecule has 0 atom stereocenters. The van der Waals surface area contributed by atoms with Gasteiger partial charge in [-0.2, -0.15) is 4.98 Å². The van der Waals surface area contributed by atoms with Crippen molar-refractivity contribution < 1.29 is 13.7 Å². The van der Waals surface area contributed by atoms with Crippen LogP contribution in [0.15, 0.2) is 51.8 Å². The highest BCUT2D eigenvalue weighted by atomic mass is 16.5. The molecule has 1 aromatic carbocycles. The summed E-state index contributed by atoms with van der Waals surface area (Å²) in [5.41, 5.74) is 2.12. The van der Waals surface area contributed by atoms with Crippen molar-refractivity contribution in [3.05, 3.63) is 42.9 Å². The molecule has 0 unspecified atom stereocenters. The Morgan fingerprint density at radius 3 is 2.88 bits per heavy atom.